The Labute approximate surface area is 161 Å². The second-order valence-corrected chi connectivity index (χ2v) is 6.56. The third-order valence-electron chi connectivity index (χ3n) is 3.64. The van der Waals surface area contributed by atoms with Crippen molar-refractivity contribution < 1.29 is 9.53 Å². The maximum Gasteiger partial charge on any atom is 0.333 e. The van der Waals surface area contributed by atoms with Gasteiger partial charge in [0.25, 0.3) is 0 Å². The molecule has 3 rings (SSSR count). The number of rotatable bonds is 8. The van der Waals surface area contributed by atoms with Crippen molar-refractivity contribution in [2.75, 3.05) is 18.6 Å². The lowest BCUT2D eigenvalue weighted by molar-refractivity contribution is 0.241. The molecule has 0 spiro atoms. The van der Waals surface area contributed by atoms with Gasteiger partial charge in [0.1, 0.15) is 5.75 Å². The molecule has 0 unspecified atom stereocenters. The Morgan fingerprint density at radius 2 is 1.89 bits per heavy atom. The van der Waals surface area contributed by atoms with Gasteiger partial charge in [-0.25, -0.2) is 10.2 Å². The van der Waals surface area contributed by atoms with Crippen molar-refractivity contribution in [3.05, 3.63) is 60.2 Å². The highest BCUT2D eigenvalue weighted by molar-refractivity contribution is 7.09. The number of carbonyl (C=O) groups is 1. The monoisotopic (exact) mass is 383 g/mol. The van der Waals surface area contributed by atoms with Crippen LogP contribution in [-0.2, 0) is 0 Å². The lowest BCUT2D eigenvalue weighted by Crippen LogP contribution is -2.39. The van der Waals surface area contributed by atoms with Crippen molar-refractivity contribution in [2.45, 2.75) is 13.3 Å². The first-order valence-electron chi connectivity index (χ1n) is 8.59. The Morgan fingerprint density at radius 3 is 2.67 bits per heavy atom. The largest absolute Gasteiger partial charge is 0.494 e. The minimum Gasteiger partial charge on any atom is -0.494 e. The van der Waals surface area contributed by atoms with Crippen molar-refractivity contribution in [2.24, 2.45) is 0 Å². The van der Waals surface area contributed by atoms with Crippen molar-refractivity contribution in [3.8, 4) is 17.1 Å². The Morgan fingerprint density at radius 1 is 1.11 bits per heavy atom. The van der Waals surface area contributed by atoms with Crippen LogP contribution in [0.15, 0.2) is 54.6 Å². The summed E-state index contributed by atoms with van der Waals surface area (Å²) in [6, 6.07) is 17.2. The van der Waals surface area contributed by atoms with Crippen LogP contribution >= 0.6 is 11.5 Å². The molecule has 8 heteroatoms. The second-order valence-electron chi connectivity index (χ2n) is 5.81. The van der Waals surface area contributed by atoms with Gasteiger partial charge in [-0.1, -0.05) is 48.0 Å². The predicted octanol–water partition coefficient (Wildman–Crippen LogP) is 3.61. The van der Waals surface area contributed by atoms with Crippen LogP contribution in [0.5, 0.6) is 5.75 Å². The minimum absolute atomic E-state index is 0.332. The fourth-order valence-electron chi connectivity index (χ4n) is 2.23. The molecule has 1 heterocycles. The summed E-state index contributed by atoms with van der Waals surface area (Å²) in [5.74, 6) is 1.45. The van der Waals surface area contributed by atoms with Crippen LogP contribution in [0.3, 0.4) is 0 Å². The lowest BCUT2D eigenvalue weighted by Gasteiger charge is -2.09. The number of nitrogens with zero attached hydrogens (tertiary/aromatic N) is 2. The topological polar surface area (TPSA) is 88.2 Å². The maximum absolute atomic E-state index is 11.8. The number of hydrazine groups is 1. The van der Waals surface area contributed by atoms with Crippen LogP contribution in [0, 0.1) is 6.92 Å². The number of ether oxygens (including phenoxy) is 1. The molecule has 0 atom stereocenters. The molecule has 140 valence electrons. The lowest BCUT2D eigenvalue weighted by atomic mass is 10.2. The molecule has 7 nitrogen and oxygen atoms in total. The third-order valence-corrected chi connectivity index (χ3v) is 4.27. The summed E-state index contributed by atoms with van der Waals surface area (Å²) in [6.45, 7) is 3.07. The van der Waals surface area contributed by atoms with Crippen molar-refractivity contribution in [1.82, 2.24) is 20.1 Å². The van der Waals surface area contributed by atoms with Gasteiger partial charge >= 0.3 is 6.03 Å². The predicted molar refractivity (Wildman–Crippen MR) is 107 cm³/mol. The second kappa shape index (κ2) is 9.54. The highest BCUT2D eigenvalue weighted by Crippen LogP contribution is 2.19. The highest BCUT2D eigenvalue weighted by Gasteiger charge is 2.07. The number of nitrogens with one attached hydrogen (secondary N) is 3. The maximum atomic E-state index is 11.8. The summed E-state index contributed by atoms with van der Waals surface area (Å²) in [6.07, 6.45) is 0.707. The van der Waals surface area contributed by atoms with E-state index in [0.29, 0.717) is 30.5 Å². The van der Waals surface area contributed by atoms with Gasteiger partial charge in [-0.3, -0.25) is 5.43 Å². The fraction of sp³-hybridized carbons (Fsp3) is 0.211. The summed E-state index contributed by atoms with van der Waals surface area (Å²) >= 11 is 1.18. The molecule has 2 amide bonds. The summed E-state index contributed by atoms with van der Waals surface area (Å²) in [4.78, 5) is 16.1. The number of amides is 2. The van der Waals surface area contributed by atoms with Crippen molar-refractivity contribution in [3.63, 3.8) is 0 Å². The summed E-state index contributed by atoms with van der Waals surface area (Å²) in [5, 5.41) is 3.27. The van der Waals surface area contributed by atoms with E-state index in [1.165, 1.54) is 17.1 Å². The number of hydrogen-bond acceptors (Lipinski definition) is 6. The van der Waals surface area contributed by atoms with E-state index in [4.69, 9.17) is 4.74 Å². The zero-order chi connectivity index (χ0) is 18.9. The number of aromatic nitrogens is 2. The normalized spacial score (nSPS) is 10.3. The molecule has 0 aliphatic rings. The van der Waals surface area contributed by atoms with Gasteiger partial charge in [-0.15, -0.1) is 0 Å². The minimum atomic E-state index is -0.332. The molecule has 0 saturated heterocycles. The molecule has 0 aliphatic carbocycles. The molecule has 0 bridgehead atoms. The van der Waals surface area contributed by atoms with Crippen molar-refractivity contribution >= 4 is 22.7 Å². The zero-order valence-corrected chi connectivity index (χ0v) is 15.8. The number of urea groups is 1. The standard InChI is InChI=1S/C19H21N5O2S/c1-14-8-10-16(11-9-14)26-13-5-12-20-18(25)22-23-19-21-17(24-27-19)15-6-3-2-4-7-15/h2-4,6-11H,5,12-13H2,1H3,(H2,20,22,25)(H,21,23,24). The molecule has 1 aromatic heterocycles. The molecule has 0 radical (unpaired) electrons. The Hall–Kier alpha value is -3.13. The zero-order valence-electron chi connectivity index (χ0n) is 14.9. The highest BCUT2D eigenvalue weighted by atomic mass is 32.1. The van der Waals surface area contributed by atoms with Crippen LogP contribution in [0.25, 0.3) is 11.4 Å². The molecule has 0 saturated carbocycles. The average Bonchev–Trinajstić information content (AvgIpc) is 3.17. The van der Waals surface area contributed by atoms with Gasteiger partial charge in [-0.2, -0.15) is 9.36 Å². The van der Waals surface area contributed by atoms with Crippen LogP contribution in [0.1, 0.15) is 12.0 Å². The molecule has 2 aromatic carbocycles. The average molecular weight is 383 g/mol. The first-order valence-corrected chi connectivity index (χ1v) is 9.36. The SMILES string of the molecule is Cc1ccc(OCCCNC(=O)NNc2nc(-c3ccccc3)ns2)cc1. The van der Waals surface area contributed by atoms with Gasteiger partial charge in [0.2, 0.25) is 5.13 Å². The number of hydrogen-bond donors (Lipinski definition) is 3. The number of aryl methyl sites for hydroxylation is 1. The van der Waals surface area contributed by atoms with Gasteiger partial charge in [0, 0.05) is 23.6 Å². The molecule has 27 heavy (non-hydrogen) atoms. The molecule has 0 fully saturated rings. The molecule has 0 aliphatic heterocycles. The Balaban J connectivity index is 1.32. The first-order chi connectivity index (χ1) is 13.2. The smallest absolute Gasteiger partial charge is 0.333 e. The third kappa shape index (κ3) is 5.96. The van der Waals surface area contributed by atoms with Crippen LogP contribution in [0.2, 0.25) is 0 Å². The van der Waals surface area contributed by atoms with Crippen molar-refractivity contribution in [1.29, 1.82) is 0 Å². The number of carbonyl (C=O) groups excluding carboxylic acids is 1. The summed E-state index contributed by atoms with van der Waals surface area (Å²) in [5.41, 5.74) is 7.43. The van der Waals surface area contributed by atoms with Crippen LogP contribution in [0.4, 0.5) is 9.93 Å². The molecule has 3 aromatic rings. The summed E-state index contributed by atoms with van der Waals surface area (Å²) < 4.78 is 9.88. The van der Waals surface area contributed by atoms with E-state index in [1.54, 1.807) is 0 Å². The summed E-state index contributed by atoms with van der Waals surface area (Å²) in [7, 11) is 0. The van der Waals surface area contributed by atoms with E-state index in [2.05, 4.69) is 25.5 Å². The van der Waals surface area contributed by atoms with E-state index in [9.17, 15) is 4.79 Å². The van der Waals surface area contributed by atoms with Gasteiger partial charge in [-0.05, 0) is 25.5 Å². The van der Waals surface area contributed by atoms with E-state index in [0.717, 1.165) is 11.3 Å². The van der Waals surface area contributed by atoms with Gasteiger partial charge < -0.3 is 10.1 Å². The molecular weight excluding hydrogens is 362 g/mol. The molecular formula is C19H21N5O2S. The van der Waals surface area contributed by atoms with E-state index in [1.807, 2.05) is 61.5 Å². The Bertz CT molecular complexity index is 852. The van der Waals surface area contributed by atoms with Gasteiger partial charge in [0.05, 0.1) is 6.61 Å². The Kier molecular flexibility index (Phi) is 6.59. The van der Waals surface area contributed by atoms with Gasteiger partial charge in [0.15, 0.2) is 5.82 Å². The number of anilines is 1. The van der Waals surface area contributed by atoms with E-state index < -0.39 is 0 Å². The van der Waals surface area contributed by atoms with E-state index >= 15 is 0 Å². The quantitative estimate of drug-likeness (QED) is 0.408. The van der Waals surface area contributed by atoms with E-state index in [-0.39, 0.29) is 6.03 Å². The first kappa shape index (κ1) is 18.7. The van der Waals surface area contributed by atoms with Crippen LogP contribution in [-0.4, -0.2) is 28.5 Å². The number of benzene rings is 2. The molecule has 3 N–H and O–H groups in total. The fourth-order valence-corrected chi connectivity index (χ4v) is 2.77. The van der Waals surface area contributed by atoms with Crippen LogP contribution < -0.4 is 20.9 Å².